The van der Waals surface area contributed by atoms with Gasteiger partial charge in [0.25, 0.3) is 0 Å². The first-order chi connectivity index (χ1) is 6.66. The molecule has 3 atom stereocenters. The summed E-state index contributed by atoms with van der Waals surface area (Å²) in [6, 6.07) is 0. The Bertz CT molecular complexity index is 191. The lowest BCUT2D eigenvalue weighted by molar-refractivity contribution is -0.143. The van der Waals surface area contributed by atoms with Gasteiger partial charge in [-0.2, -0.15) is 0 Å². The highest BCUT2D eigenvalue weighted by molar-refractivity contribution is 5.75. The van der Waals surface area contributed by atoms with Gasteiger partial charge in [-0.15, -0.1) is 0 Å². The van der Waals surface area contributed by atoms with Crippen molar-refractivity contribution in [2.45, 2.75) is 58.2 Å². The van der Waals surface area contributed by atoms with Crippen LogP contribution in [-0.4, -0.2) is 23.3 Å². The Kier molecular flexibility index (Phi) is 4.39. The van der Waals surface area contributed by atoms with Crippen molar-refractivity contribution < 1.29 is 14.6 Å². The molecular formula is C11H20O3. The fourth-order valence-corrected chi connectivity index (χ4v) is 1.89. The van der Waals surface area contributed by atoms with Gasteiger partial charge in [0.2, 0.25) is 0 Å². The summed E-state index contributed by atoms with van der Waals surface area (Å²) in [7, 11) is 0. The van der Waals surface area contributed by atoms with E-state index < -0.39 is 6.10 Å². The minimum absolute atomic E-state index is 0.221. The second kappa shape index (κ2) is 5.35. The Labute approximate surface area is 85.5 Å². The van der Waals surface area contributed by atoms with Crippen molar-refractivity contribution in [3.8, 4) is 0 Å². The molecule has 3 nitrogen and oxygen atoms in total. The molecule has 0 saturated carbocycles. The fourth-order valence-electron chi connectivity index (χ4n) is 1.89. The smallest absolute Gasteiger partial charge is 0.312 e. The van der Waals surface area contributed by atoms with Crippen LogP contribution in [0.15, 0.2) is 0 Å². The molecule has 1 N–H and O–H groups in total. The molecular weight excluding hydrogens is 180 g/mol. The van der Waals surface area contributed by atoms with E-state index in [4.69, 9.17) is 4.74 Å². The van der Waals surface area contributed by atoms with Crippen LogP contribution in [0.2, 0.25) is 0 Å². The molecule has 0 amide bonds. The van der Waals surface area contributed by atoms with E-state index in [-0.39, 0.29) is 18.0 Å². The number of cyclic esters (lactones) is 1. The van der Waals surface area contributed by atoms with E-state index in [1.165, 1.54) is 12.8 Å². The van der Waals surface area contributed by atoms with Crippen molar-refractivity contribution in [1.29, 1.82) is 0 Å². The molecule has 0 radical (unpaired) electrons. The number of carbonyl (C=O) groups excluding carboxylic acids is 1. The molecule has 0 aromatic heterocycles. The molecule has 1 aliphatic rings. The summed E-state index contributed by atoms with van der Waals surface area (Å²) in [6.07, 6.45) is 4.40. The van der Waals surface area contributed by atoms with Crippen molar-refractivity contribution in [2.75, 3.05) is 0 Å². The maximum absolute atomic E-state index is 11.3. The first-order valence-electron chi connectivity index (χ1n) is 5.55. The first kappa shape index (κ1) is 11.5. The number of rotatable bonds is 5. The van der Waals surface area contributed by atoms with Crippen molar-refractivity contribution >= 4 is 5.97 Å². The Morgan fingerprint density at radius 3 is 2.57 bits per heavy atom. The zero-order chi connectivity index (χ0) is 10.6. The number of ether oxygens (including phenoxy) is 1. The lowest BCUT2D eigenvalue weighted by Crippen LogP contribution is -2.24. The van der Waals surface area contributed by atoms with E-state index in [2.05, 4.69) is 6.92 Å². The molecule has 1 saturated heterocycles. The molecule has 1 heterocycles. The Morgan fingerprint density at radius 1 is 1.36 bits per heavy atom. The molecule has 1 fully saturated rings. The summed E-state index contributed by atoms with van der Waals surface area (Å²) in [5.74, 6) is -0.497. The average Bonchev–Trinajstić information content (AvgIpc) is 2.38. The number of esters is 1. The van der Waals surface area contributed by atoms with Crippen LogP contribution in [-0.2, 0) is 9.53 Å². The molecule has 3 heteroatoms. The van der Waals surface area contributed by atoms with Crippen molar-refractivity contribution in [2.24, 2.45) is 5.92 Å². The van der Waals surface area contributed by atoms with E-state index in [1.54, 1.807) is 6.92 Å². The molecule has 0 aromatic carbocycles. The van der Waals surface area contributed by atoms with E-state index in [0.29, 0.717) is 0 Å². The Morgan fingerprint density at radius 2 is 2.07 bits per heavy atom. The average molecular weight is 200 g/mol. The quantitative estimate of drug-likeness (QED) is 0.544. The number of hydrogen-bond donors (Lipinski definition) is 1. The summed E-state index contributed by atoms with van der Waals surface area (Å²) in [6.45, 7) is 3.90. The lowest BCUT2D eigenvalue weighted by atomic mass is 9.95. The van der Waals surface area contributed by atoms with Gasteiger partial charge in [0.1, 0.15) is 12.2 Å². The summed E-state index contributed by atoms with van der Waals surface area (Å²) in [5, 5.41) is 9.64. The number of aliphatic hydroxyl groups is 1. The summed E-state index contributed by atoms with van der Waals surface area (Å²) < 4.78 is 4.95. The van der Waals surface area contributed by atoms with E-state index in [1.807, 2.05) is 0 Å². The number of carbonyl (C=O) groups is 1. The minimum Gasteiger partial charge on any atom is -0.460 e. The molecule has 0 aromatic rings. The zero-order valence-electron chi connectivity index (χ0n) is 9.03. The highest BCUT2D eigenvalue weighted by Crippen LogP contribution is 2.26. The lowest BCUT2D eigenvalue weighted by Gasteiger charge is -2.11. The molecule has 0 spiro atoms. The van der Waals surface area contributed by atoms with Gasteiger partial charge in [-0.05, 0) is 13.3 Å². The van der Waals surface area contributed by atoms with Crippen LogP contribution in [0.1, 0.15) is 46.0 Å². The van der Waals surface area contributed by atoms with E-state index in [0.717, 1.165) is 19.3 Å². The molecule has 0 aliphatic carbocycles. The summed E-state index contributed by atoms with van der Waals surface area (Å²) >= 11 is 0. The van der Waals surface area contributed by atoms with Gasteiger partial charge in [0.15, 0.2) is 0 Å². The van der Waals surface area contributed by atoms with Gasteiger partial charge in [-0.25, -0.2) is 0 Å². The van der Waals surface area contributed by atoms with Crippen LogP contribution in [0.25, 0.3) is 0 Å². The summed E-state index contributed by atoms with van der Waals surface area (Å²) in [5.41, 5.74) is 0. The molecule has 82 valence electrons. The predicted molar refractivity (Wildman–Crippen MR) is 53.8 cm³/mol. The maximum Gasteiger partial charge on any atom is 0.312 e. The van der Waals surface area contributed by atoms with Crippen LogP contribution in [0, 0.1) is 5.92 Å². The largest absolute Gasteiger partial charge is 0.460 e. The van der Waals surface area contributed by atoms with Gasteiger partial charge < -0.3 is 9.84 Å². The Balaban J connectivity index is 2.26. The molecule has 0 bridgehead atoms. The van der Waals surface area contributed by atoms with Crippen LogP contribution in [0.4, 0.5) is 0 Å². The normalized spacial score (nSPS) is 31.9. The SMILES string of the molecule is CCCCCC[C@@H]1C(=O)O[C@H](C)[C@H]1O. The summed E-state index contributed by atoms with van der Waals surface area (Å²) in [4.78, 5) is 11.3. The van der Waals surface area contributed by atoms with Crippen molar-refractivity contribution in [3.63, 3.8) is 0 Å². The van der Waals surface area contributed by atoms with Crippen molar-refractivity contribution in [1.82, 2.24) is 0 Å². The predicted octanol–water partition coefficient (Wildman–Crippen LogP) is 1.88. The molecule has 1 rings (SSSR count). The monoisotopic (exact) mass is 200 g/mol. The number of unbranched alkanes of at least 4 members (excludes halogenated alkanes) is 3. The highest BCUT2D eigenvalue weighted by Gasteiger charge is 2.40. The first-order valence-corrected chi connectivity index (χ1v) is 5.55. The second-order valence-corrected chi connectivity index (χ2v) is 4.09. The standard InChI is InChI=1S/C11H20O3/c1-3-4-5-6-7-9-10(12)8(2)14-11(9)13/h8-10,12H,3-7H2,1-2H3/t8-,9+,10-/m1/s1. The van der Waals surface area contributed by atoms with Gasteiger partial charge >= 0.3 is 5.97 Å². The third kappa shape index (κ3) is 2.71. The minimum atomic E-state index is -0.593. The highest BCUT2D eigenvalue weighted by atomic mass is 16.6. The zero-order valence-corrected chi connectivity index (χ0v) is 9.03. The van der Waals surface area contributed by atoms with Crippen LogP contribution in [0.3, 0.4) is 0 Å². The van der Waals surface area contributed by atoms with Gasteiger partial charge in [-0.3, -0.25) is 4.79 Å². The third-order valence-corrected chi connectivity index (χ3v) is 2.87. The van der Waals surface area contributed by atoms with Gasteiger partial charge in [0.05, 0.1) is 5.92 Å². The topological polar surface area (TPSA) is 46.5 Å². The van der Waals surface area contributed by atoms with Gasteiger partial charge in [-0.1, -0.05) is 32.6 Å². The van der Waals surface area contributed by atoms with Crippen LogP contribution in [0.5, 0.6) is 0 Å². The van der Waals surface area contributed by atoms with Crippen LogP contribution < -0.4 is 0 Å². The van der Waals surface area contributed by atoms with Crippen molar-refractivity contribution in [3.05, 3.63) is 0 Å². The third-order valence-electron chi connectivity index (χ3n) is 2.87. The molecule has 1 aliphatic heterocycles. The second-order valence-electron chi connectivity index (χ2n) is 4.09. The fraction of sp³-hybridized carbons (Fsp3) is 0.909. The Hall–Kier alpha value is -0.570. The van der Waals surface area contributed by atoms with E-state index >= 15 is 0 Å². The molecule has 0 unspecified atom stereocenters. The maximum atomic E-state index is 11.3. The number of hydrogen-bond acceptors (Lipinski definition) is 3. The van der Waals surface area contributed by atoms with E-state index in [9.17, 15) is 9.90 Å². The molecule has 14 heavy (non-hydrogen) atoms. The van der Waals surface area contributed by atoms with Gasteiger partial charge in [0, 0.05) is 0 Å². The number of aliphatic hydroxyl groups excluding tert-OH is 1. The van der Waals surface area contributed by atoms with Crippen LogP contribution >= 0.6 is 0 Å².